The maximum atomic E-state index is 5.76. The van der Waals surface area contributed by atoms with Crippen LogP contribution in [-0.4, -0.2) is 11.1 Å². The van der Waals surface area contributed by atoms with Gasteiger partial charge in [0.25, 0.3) is 0 Å². The second-order valence-corrected chi connectivity index (χ2v) is 3.47. The molecule has 3 nitrogen and oxygen atoms in total. The van der Waals surface area contributed by atoms with E-state index in [2.05, 4.69) is 4.98 Å². The Bertz CT molecular complexity index is 308. The summed E-state index contributed by atoms with van der Waals surface area (Å²) in [4.78, 5) is 4.08. The fraction of sp³-hybridized carbons (Fsp3) is 0.500. The average Bonchev–Trinajstić information content (AvgIpc) is 2.92. The second-order valence-electron chi connectivity index (χ2n) is 3.47. The first-order valence-electron chi connectivity index (χ1n) is 4.61. The van der Waals surface area contributed by atoms with Crippen molar-refractivity contribution >= 4 is 0 Å². The molecule has 3 heteroatoms. The van der Waals surface area contributed by atoms with Crippen molar-refractivity contribution in [2.24, 2.45) is 5.73 Å². The van der Waals surface area contributed by atoms with Crippen molar-refractivity contribution in [3.8, 4) is 5.75 Å². The summed E-state index contributed by atoms with van der Waals surface area (Å²) in [6.45, 7) is 2.50. The summed E-state index contributed by atoms with van der Waals surface area (Å²) in [5, 5.41) is 0. The number of rotatable bonds is 3. The second kappa shape index (κ2) is 3.34. The van der Waals surface area contributed by atoms with E-state index in [0.29, 0.717) is 12.6 Å². The van der Waals surface area contributed by atoms with E-state index in [-0.39, 0.29) is 0 Å². The molecule has 0 unspecified atom stereocenters. The van der Waals surface area contributed by atoms with Gasteiger partial charge in [-0.3, -0.25) is 4.98 Å². The zero-order chi connectivity index (χ0) is 9.26. The molecule has 1 aliphatic carbocycles. The standard InChI is InChI=1S/C10H14N2O/c1-7-5-12-6-8(4-11)10(7)13-9-2-3-9/h5-6,9H,2-4,11H2,1H3. The molecule has 1 saturated carbocycles. The van der Waals surface area contributed by atoms with Crippen molar-refractivity contribution in [1.29, 1.82) is 0 Å². The van der Waals surface area contributed by atoms with Crippen LogP contribution in [0.2, 0.25) is 0 Å². The van der Waals surface area contributed by atoms with Gasteiger partial charge in [0.2, 0.25) is 0 Å². The van der Waals surface area contributed by atoms with E-state index in [0.717, 1.165) is 16.9 Å². The van der Waals surface area contributed by atoms with E-state index >= 15 is 0 Å². The highest BCUT2D eigenvalue weighted by molar-refractivity contribution is 5.38. The van der Waals surface area contributed by atoms with Gasteiger partial charge in [0.15, 0.2) is 0 Å². The van der Waals surface area contributed by atoms with Crippen LogP contribution >= 0.6 is 0 Å². The number of aromatic nitrogens is 1. The molecule has 1 aromatic heterocycles. The van der Waals surface area contributed by atoms with Crippen LogP contribution in [0, 0.1) is 6.92 Å². The van der Waals surface area contributed by atoms with Crippen molar-refractivity contribution in [3.05, 3.63) is 23.5 Å². The Labute approximate surface area is 77.9 Å². The van der Waals surface area contributed by atoms with Crippen LogP contribution in [0.1, 0.15) is 24.0 Å². The number of hydrogen-bond donors (Lipinski definition) is 1. The summed E-state index contributed by atoms with van der Waals surface area (Å²) < 4.78 is 5.76. The number of ether oxygens (including phenoxy) is 1. The highest BCUT2D eigenvalue weighted by Crippen LogP contribution is 2.30. The molecule has 1 heterocycles. The number of pyridine rings is 1. The lowest BCUT2D eigenvalue weighted by Gasteiger charge is -2.11. The lowest BCUT2D eigenvalue weighted by molar-refractivity contribution is 0.297. The Morgan fingerprint density at radius 2 is 2.31 bits per heavy atom. The number of nitrogens with two attached hydrogens (primary N) is 1. The van der Waals surface area contributed by atoms with Gasteiger partial charge >= 0.3 is 0 Å². The van der Waals surface area contributed by atoms with E-state index in [1.165, 1.54) is 12.8 Å². The first kappa shape index (κ1) is 8.51. The van der Waals surface area contributed by atoms with Crippen LogP contribution in [-0.2, 0) is 6.54 Å². The van der Waals surface area contributed by atoms with Crippen molar-refractivity contribution < 1.29 is 4.74 Å². The summed E-state index contributed by atoms with van der Waals surface area (Å²) in [5.41, 5.74) is 7.68. The smallest absolute Gasteiger partial charge is 0.130 e. The molecule has 0 radical (unpaired) electrons. The fourth-order valence-corrected chi connectivity index (χ4v) is 1.28. The zero-order valence-corrected chi connectivity index (χ0v) is 7.79. The van der Waals surface area contributed by atoms with Gasteiger partial charge in [-0.1, -0.05) is 0 Å². The third kappa shape index (κ3) is 1.80. The zero-order valence-electron chi connectivity index (χ0n) is 7.79. The summed E-state index contributed by atoms with van der Waals surface area (Å²) >= 11 is 0. The van der Waals surface area contributed by atoms with Crippen molar-refractivity contribution in [2.75, 3.05) is 0 Å². The minimum Gasteiger partial charge on any atom is -0.490 e. The van der Waals surface area contributed by atoms with E-state index in [1.807, 2.05) is 13.1 Å². The van der Waals surface area contributed by atoms with Gasteiger partial charge in [-0.15, -0.1) is 0 Å². The monoisotopic (exact) mass is 178 g/mol. The Balaban J connectivity index is 2.27. The Kier molecular flexibility index (Phi) is 2.19. The molecule has 13 heavy (non-hydrogen) atoms. The first-order chi connectivity index (χ1) is 6.31. The molecule has 0 saturated heterocycles. The molecular weight excluding hydrogens is 164 g/mol. The summed E-state index contributed by atoms with van der Waals surface area (Å²) in [5.74, 6) is 0.944. The third-order valence-electron chi connectivity index (χ3n) is 2.18. The Morgan fingerprint density at radius 3 is 2.92 bits per heavy atom. The lowest BCUT2D eigenvalue weighted by Crippen LogP contribution is -2.06. The number of aryl methyl sites for hydroxylation is 1. The molecule has 1 aromatic rings. The molecule has 70 valence electrons. The van der Waals surface area contributed by atoms with Crippen LogP contribution in [0.3, 0.4) is 0 Å². The van der Waals surface area contributed by atoms with E-state index < -0.39 is 0 Å². The van der Waals surface area contributed by atoms with E-state index in [9.17, 15) is 0 Å². The molecule has 2 rings (SSSR count). The SMILES string of the molecule is Cc1cncc(CN)c1OC1CC1. The molecule has 0 bridgehead atoms. The molecule has 2 N–H and O–H groups in total. The maximum absolute atomic E-state index is 5.76. The van der Waals surface area contributed by atoms with Crippen LogP contribution in [0.15, 0.2) is 12.4 Å². The fourth-order valence-electron chi connectivity index (χ4n) is 1.28. The minimum absolute atomic E-state index is 0.423. The van der Waals surface area contributed by atoms with Crippen LogP contribution < -0.4 is 10.5 Å². The van der Waals surface area contributed by atoms with Gasteiger partial charge in [-0.25, -0.2) is 0 Å². The highest BCUT2D eigenvalue weighted by atomic mass is 16.5. The number of hydrogen-bond acceptors (Lipinski definition) is 3. The molecule has 0 atom stereocenters. The quantitative estimate of drug-likeness (QED) is 0.760. The topological polar surface area (TPSA) is 48.1 Å². The van der Waals surface area contributed by atoms with Gasteiger partial charge < -0.3 is 10.5 Å². The van der Waals surface area contributed by atoms with Gasteiger partial charge in [0, 0.05) is 30.1 Å². The number of nitrogens with zero attached hydrogens (tertiary/aromatic N) is 1. The molecular formula is C10H14N2O. The van der Waals surface area contributed by atoms with Crippen molar-refractivity contribution in [2.45, 2.75) is 32.4 Å². The minimum atomic E-state index is 0.423. The predicted molar refractivity (Wildman–Crippen MR) is 50.5 cm³/mol. The van der Waals surface area contributed by atoms with Crippen molar-refractivity contribution in [3.63, 3.8) is 0 Å². The van der Waals surface area contributed by atoms with Crippen LogP contribution in [0.4, 0.5) is 0 Å². The molecule has 0 aliphatic heterocycles. The van der Waals surface area contributed by atoms with Gasteiger partial charge in [0.1, 0.15) is 5.75 Å². The maximum Gasteiger partial charge on any atom is 0.130 e. The average molecular weight is 178 g/mol. The molecule has 0 aromatic carbocycles. The van der Waals surface area contributed by atoms with E-state index in [1.54, 1.807) is 6.20 Å². The first-order valence-corrected chi connectivity index (χ1v) is 4.61. The largest absolute Gasteiger partial charge is 0.490 e. The summed E-state index contributed by atoms with van der Waals surface area (Å²) in [6, 6.07) is 0. The third-order valence-corrected chi connectivity index (χ3v) is 2.18. The van der Waals surface area contributed by atoms with Gasteiger partial charge in [-0.05, 0) is 19.8 Å². The van der Waals surface area contributed by atoms with Gasteiger partial charge in [0.05, 0.1) is 6.10 Å². The lowest BCUT2D eigenvalue weighted by atomic mass is 10.2. The highest BCUT2D eigenvalue weighted by Gasteiger charge is 2.25. The molecule has 0 amide bonds. The Hall–Kier alpha value is -1.09. The summed E-state index contributed by atoms with van der Waals surface area (Å²) in [6.07, 6.45) is 6.37. The van der Waals surface area contributed by atoms with Crippen LogP contribution in [0.25, 0.3) is 0 Å². The Morgan fingerprint density at radius 1 is 1.54 bits per heavy atom. The molecule has 1 aliphatic rings. The normalized spacial score (nSPS) is 15.8. The molecule has 1 fully saturated rings. The van der Waals surface area contributed by atoms with Crippen molar-refractivity contribution in [1.82, 2.24) is 4.98 Å². The summed E-state index contributed by atoms with van der Waals surface area (Å²) in [7, 11) is 0. The molecule has 0 spiro atoms. The van der Waals surface area contributed by atoms with Crippen LogP contribution in [0.5, 0.6) is 5.75 Å². The predicted octanol–water partition coefficient (Wildman–Crippen LogP) is 1.39. The van der Waals surface area contributed by atoms with E-state index in [4.69, 9.17) is 10.5 Å². The van der Waals surface area contributed by atoms with Gasteiger partial charge in [-0.2, -0.15) is 0 Å².